The molecule has 0 saturated heterocycles. The van der Waals surface area contributed by atoms with Crippen molar-refractivity contribution in [2.24, 2.45) is 0 Å². The number of non-ortho nitro benzene ring substituents is 1. The number of benzene rings is 1. The second-order valence-corrected chi connectivity index (χ2v) is 3.67. The van der Waals surface area contributed by atoms with Gasteiger partial charge in [-0.1, -0.05) is 12.1 Å². The van der Waals surface area contributed by atoms with Crippen molar-refractivity contribution in [1.82, 2.24) is 5.32 Å². The minimum absolute atomic E-state index is 0.0180. The Labute approximate surface area is 109 Å². The third-order valence-corrected chi connectivity index (χ3v) is 2.31. The van der Waals surface area contributed by atoms with E-state index in [4.69, 9.17) is 5.26 Å². The molecule has 100 valence electrons. The molecule has 0 bridgehead atoms. The number of ether oxygens (including phenoxy) is 1. The first-order valence-electron chi connectivity index (χ1n) is 5.63. The molecule has 1 aromatic carbocycles. The number of carbonyl (C=O) groups excluding carboxylic acids is 1. The van der Waals surface area contributed by atoms with Crippen LogP contribution < -0.4 is 5.32 Å². The van der Waals surface area contributed by atoms with Crippen LogP contribution in [0.3, 0.4) is 0 Å². The maximum absolute atomic E-state index is 11.2. The van der Waals surface area contributed by atoms with Gasteiger partial charge in [0.2, 0.25) is 0 Å². The Balaban J connectivity index is 2.63. The Morgan fingerprint density at radius 3 is 2.63 bits per heavy atom. The Hall–Kier alpha value is -2.62. The van der Waals surface area contributed by atoms with Gasteiger partial charge in [-0.05, 0) is 12.5 Å². The molecule has 1 amide bonds. The Kier molecular flexibility index (Phi) is 5.29. The molecule has 0 radical (unpaired) electrons. The number of nitrogens with one attached hydrogen (secondary N) is 1. The van der Waals surface area contributed by atoms with Gasteiger partial charge in [0.05, 0.1) is 17.6 Å². The first kappa shape index (κ1) is 14.4. The fourth-order valence-corrected chi connectivity index (χ4v) is 1.43. The number of nitrogens with zero attached hydrogens (tertiary/aromatic N) is 2. The third kappa shape index (κ3) is 4.63. The summed E-state index contributed by atoms with van der Waals surface area (Å²) < 4.78 is 4.67. The van der Waals surface area contributed by atoms with E-state index in [2.05, 4.69) is 10.1 Å². The highest BCUT2D eigenvalue weighted by molar-refractivity contribution is 5.68. The van der Waals surface area contributed by atoms with Gasteiger partial charge < -0.3 is 10.1 Å². The van der Waals surface area contributed by atoms with E-state index in [0.29, 0.717) is 5.56 Å². The third-order valence-electron chi connectivity index (χ3n) is 2.31. The van der Waals surface area contributed by atoms with E-state index in [0.717, 1.165) is 0 Å². The average Bonchev–Trinajstić information content (AvgIpc) is 2.38. The smallest absolute Gasteiger partial charge is 0.408 e. The highest BCUT2D eigenvalue weighted by Gasteiger charge is 2.13. The lowest BCUT2D eigenvalue weighted by atomic mass is 10.1. The number of nitro groups is 1. The van der Waals surface area contributed by atoms with E-state index in [1.54, 1.807) is 19.1 Å². The molecular weight excluding hydrogens is 250 g/mol. The van der Waals surface area contributed by atoms with Gasteiger partial charge in [-0.3, -0.25) is 10.1 Å². The summed E-state index contributed by atoms with van der Waals surface area (Å²) in [5.41, 5.74) is 0.699. The van der Waals surface area contributed by atoms with Crippen LogP contribution >= 0.6 is 0 Å². The summed E-state index contributed by atoms with van der Waals surface area (Å²) >= 11 is 0. The molecule has 1 rings (SSSR count). The lowest BCUT2D eigenvalue weighted by Crippen LogP contribution is -2.35. The number of hydrogen-bond acceptors (Lipinski definition) is 5. The molecular formula is C12H13N3O4. The number of hydrogen-bond donors (Lipinski definition) is 1. The van der Waals surface area contributed by atoms with Crippen molar-refractivity contribution in [3.63, 3.8) is 0 Å². The number of alkyl carbamates (subject to hydrolysis) is 1. The molecule has 19 heavy (non-hydrogen) atoms. The maximum atomic E-state index is 11.2. The number of nitro benzene ring substituents is 1. The van der Waals surface area contributed by atoms with Gasteiger partial charge in [-0.15, -0.1) is 0 Å². The molecule has 0 heterocycles. The topological polar surface area (TPSA) is 105 Å². The Morgan fingerprint density at radius 1 is 1.53 bits per heavy atom. The molecule has 1 aromatic rings. The number of amides is 1. The molecule has 1 unspecified atom stereocenters. The zero-order valence-corrected chi connectivity index (χ0v) is 10.3. The maximum Gasteiger partial charge on any atom is 0.408 e. The number of rotatable bonds is 5. The molecule has 7 heteroatoms. The van der Waals surface area contributed by atoms with E-state index in [1.807, 2.05) is 6.07 Å². The first-order chi connectivity index (χ1) is 9.06. The van der Waals surface area contributed by atoms with Gasteiger partial charge in [0.25, 0.3) is 5.69 Å². The summed E-state index contributed by atoms with van der Waals surface area (Å²) in [7, 11) is 0. The van der Waals surface area contributed by atoms with Crippen molar-refractivity contribution in [2.75, 3.05) is 6.61 Å². The second kappa shape index (κ2) is 6.96. The summed E-state index contributed by atoms with van der Waals surface area (Å²) in [5, 5.41) is 21.8. The predicted octanol–water partition coefficient (Wildman–Crippen LogP) is 1.78. The summed E-state index contributed by atoms with van der Waals surface area (Å²) in [4.78, 5) is 21.2. The van der Waals surface area contributed by atoms with Crippen LogP contribution in [0.25, 0.3) is 0 Å². The molecule has 0 aromatic heterocycles. The highest BCUT2D eigenvalue weighted by Crippen LogP contribution is 2.13. The molecule has 0 spiro atoms. The quantitative estimate of drug-likeness (QED) is 0.643. The van der Waals surface area contributed by atoms with Gasteiger partial charge in [-0.25, -0.2) is 4.79 Å². The summed E-state index contributed by atoms with van der Waals surface area (Å²) in [6.45, 7) is 1.89. The van der Waals surface area contributed by atoms with Crippen LogP contribution in [0.2, 0.25) is 0 Å². The summed E-state index contributed by atoms with van der Waals surface area (Å²) in [6.07, 6.45) is -0.399. The van der Waals surface area contributed by atoms with Gasteiger partial charge in [0.1, 0.15) is 6.04 Å². The zero-order valence-electron chi connectivity index (χ0n) is 10.3. The Bertz CT molecular complexity index is 493. The lowest BCUT2D eigenvalue weighted by Gasteiger charge is -2.11. The van der Waals surface area contributed by atoms with Gasteiger partial charge in [0, 0.05) is 18.6 Å². The number of nitriles is 1. The lowest BCUT2D eigenvalue weighted by molar-refractivity contribution is -0.384. The SMILES string of the molecule is CCOC(=O)NC(C#N)Cc1ccc([N+](=O)[O-])cc1. The molecule has 0 aliphatic heterocycles. The molecule has 7 nitrogen and oxygen atoms in total. The minimum atomic E-state index is -0.736. The van der Waals surface area contributed by atoms with Crippen molar-refractivity contribution in [2.45, 2.75) is 19.4 Å². The number of carbonyl (C=O) groups is 1. The molecule has 0 aliphatic carbocycles. The van der Waals surface area contributed by atoms with Crippen LogP contribution in [0.4, 0.5) is 10.5 Å². The zero-order chi connectivity index (χ0) is 14.3. The van der Waals surface area contributed by atoms with E-state index in [1.165, 1.54) is 12.1 Å². The molecule has 1 atom stereocenters. The van der Waals surface area contributed by atoms with E-state index >= 15 is 0 Å². The van der Waals surface area contributed by atoms with E-state index < -0.39 is 17.1 Å². The van der Waals surface area contributed by atoms with Crippen molar-refractivity contribution in [3.8, 4) is 6.07 Å². The summed E-state index contributed by atoms with van der Waals surface area (Å²) in [6, 6.07) is 7.01. The molecule has 1 N–H and O–H groups in total. The van der Waals surface area contributed by atoms with Crippen molar-refractivity contribution in [3.05, 3.63) is 39.9 Å². The van der Waals surface area contributed by atoms with E-state index in [9.17, 15) is 14.9 Å². The van der Waals surface area contributed by atoms with Crippen LogP contribution in [0, 0.1) is 21.4 Å². The van der Waals surface area contributed by atoms with Gasteiger partial charge in [0.15, 0.2) is 0 Å². The van der Waals surface area contributed by atoms with Crippen LogP contribution in [-0.4, -0.2) is 23.7 Å². The predicted molar refractivity (Wildman–Crippen MR) is 66.4 cm³/mol. The monoisotopic (exact) mass is 263 g/mol. The summed E-state index contributed by atoms with van der Waals surface area (Å²) in [5.74, 6) is 0. The van der Waals surface area contributed by atoms with Gasteiger partial charge in [-0.2, -0.15) is 5.26 Å². The fourth-order valence-electron chi connectivity index (χ4n) is 1.43. The highest BCUT2D eigenvalue weighted by atomic mass is 16.6. The van der Waals surface area contributed by atoms with Crippen molar-refractivity contribution < 1.29 is 14.5 Å². The normalized spacial score (nSPS) is 11.2. The fraction of sp³-hybridized carbons (Fsp3) is 0.333. The minimum Gasteiger partial charge on any atom is -0.450 e. The van der Waals surface area contributed by atoms with Crippen LogP contribution in [0.15, 0.2) is 24.3 Å². The average molecular weight is 263 g/mol. The van der Waals surface area contributed by atoms with Crippen molar-refractivity contribution in [1.29, 1.82) is 5.26 Å². The van der Waals surface area contributed by atoms with Gasteiger partial charge >= 0.3 is 6.09 Å². The largest absolute Gasteiger partial charge is 0.450 e. The standard InChI is InChI=1S/C12H13N3O4/c1-2-19-12(16)14-10(8-13)7-9-3-5-11(6-4-9)15(17)18/h3-6,10H,2,7H2,1H3,(H,14,16). The second-order valence-electron chi connectivity index (χ2n) is 3.67. The molecule has 0 aliphatic rings. The van der Waals surface area contributed by atoms with Crippen LogP contribution in [0.1, 0.15) is 12.5 Å². The molecule has 0 saturated carbocycles. The van der Waals surface area contributed by atoms with Crippen LogP contribution in [0.5, 0.6) is 0 Å². The Morgan fingerprint density at radius 2 is 2.16 bits per heavy atom. The first-order valence-corrected chi connectivity index (χ1v) is 5.63. The van der Waals surface area contributed by atoms with Crippen molar-refractivity contribution >= 4 is 11.8 Å². The molecule has 0 fully saturated rings. The van der Waals surface area contributed by atoms with Crippen LogP contribution in [-0.2, 0) is 11.2 Å². The van der Waals surface area contributed by atoms with E-state index in [-0.39, 0.29) is 18.7 Å².